The second-order valence-electron chi connectivity index (χ2n) is 4.82. The standard InChI is InChI=1S/C14H12BrN3O/c15-13-11-3-1-2-6-18(11)14(17-13)9-4-5-10-12(7-9)19-8-16-10/h4-5,7-8H,1-3,6H2. The molecule has 3 aromatic rings. The molecule has 0 fully saturated rings. The van der Waals surface area contributed by atoms with E-state index >= 15 is 0 Å². The number of halogens is 1. The summed E-state index contributed by atoms with van der Waals surface area (Å²) in [5, 5.41) is 0. The van der Waals surface area contributed by atoms with Crippen LogP contribution in [0.3, 0.4) is 0 Å². The van der Waals surface area contributed by atoms with Crippen LogP contribution in [0.4, 0.5) is 0 Å². The van der Waals surface area contributed by atoms with Crippen molar-refractivity contribution in [2.45, 2.75) is 25.8 Å². The molecule has 0 unspecified atom stereocenters. The molecular weight excluding hydrogens is 306 g/mol. The number of oxazole rings is 1. The molecule has 1 aromatic carbocycles. The third-order valence-electron chi connectivity index (χ3n) is 3.66. The maximum atomic E-state index is 5.37. The highest BCUT2D eigenvalue weighted by molar-refractivity contribution is 9.10. The van der Waals surface area contributed by atoms with Crippen molar-refractivity contribution in [3.8, 4) is 11.4 Å². The van der Waals surface area contributed by atoms with E-state index in [1.807, 2.05) is 12.1 Å². The van der Waals surface area contributed by atoms with Crippen molar-refractivity contribution in [3.05, 3.63) is 34.9 Å². The minimum atomic E-state index is 0.807. The average molecular weight is 318 g/mol. The van der Waals surface area contributed by atoms with Crippen LogP contribution >= 0.6 is 15.9 Å². The highest BCUT2D eigenvalue weighted by atomic mass is 79.9. The molecule has 0 saturated heterocycles. The number of hydrogen-bond acceptors (Lipinski definition) is 3. The first-order valence-electron chi connectivity index (χ1n) is 6.41. The number of benzene rings is 1. The summed E-state index contributed by atoms with van der Waals surface area (Å²) in [5.41, 5.74) is 4.08. The second-order valence-corrected chi connectivity index (χ2v) is 5.57. The average Bonchev–Trinajstić information content (AvgIpc) is 3.03. The van der Waals surface area contributed by atoms with Crippen LogP contribution in [0.15, 0.2) is 33.6 Å². The van der Waals surface area contributed by atoms with Crippen molar-refractivity contribution in [2.75, 3.05) is 0 Å². The minimum Gasteiger partial charge on any atom is -0.443 e. The number of imidazole rings is 1. The van der Waals surface area contributed by atoms with Gasteiger partial charge in [0.2, 0.25) is 0 Å². The highest BCUT2D eigenvalue weighted by Gasteiger charge is 2.19. The number of hydrogen-bond donors (Lipinski definition) is 0. The van der Waals surface area contributed by atoms with E-state index in [-0.39, 0.29) is 0 Å². The Morgan fingerprint density at radius 1 is 1.26 bits per heavy atom. The SMILES string of the molecule is Brc1nc(-c2ccc3ncoc3c2)n2c1CCCC2. The van der Waals surface area contributed by atoms with E-state index in [1.54, 1.807) is 0 Å². The van der Waals surface area contributed by atoms with Crippen molar-refractivity contribution in [1.82, 2.24) is 14.5 Å². The third-order valence-corrected chi connectivity index (χ3v) is 4.29. The molecule has 2 aromatic heterocycles. The van der Waals surface area contributed by atoms with Gasteiger partial charge in [0.15, 0.2) is 12.0 Å². The molecule has 0 spiro atoms. The highest BCUT2D eigenvalue weighted by Crippen LogP contribution is 2.31. The fourth-order valence-electron chi connectivity index (χ4n) is 2.71. The summed E-state index contributed by atoms with van der Waals surface area (Å²) < 4.78 is 8.65. The molecule has 0 bridgehead atoms. The van der Waals surface area contributed by atoms with Gasteiger partial charge in [0.1, 0.15) is 15.9 Å². The normalized spacial score (nSPS) is 14.8. The summed E-state index contributed by atoms with van der Waals surface area (Å²) >= 11 is 3.57. The summed E-state index contributed by atoms with van der Waals surface area (Å²) in [6.45, 7) is 1.04. The molecule has 0 atom stereocenters. The molecule has 0 N–H and O–H groups in total. The van der Waals surface area contributed by atoms with Crippen LogP contribution in [0.1, 0.15) is 18.5 Å². The van der Waals surface area contributed by atoms with E-state index in [0.717, 1.165) is 40.1 Å². The van der Waals surface area contributed by atoms with Crippen molar-refractivity contribution in [3.63, 3.8) is 0 Å². The van der Waals surface area contributed by atoms with Gasteiger partial charge in [0.05, 0.1) is 5.69 Å². The van der Waals surface area contributed by atoms with E-state index in [9.17, 15) is 0 Å². The first-order valence-corrected chi connectivity index (χ1v) is 7.21. The predicted octanol–water partition coefficient (Wildman–Crippen LogP) is 3.79. The monoisotopic (exact) mass is 317 g/mol. The van der Waals surface area contributed by atoms with E-state index in [1.165, 1.54) is 24.9 Å². The maximum absolute atomic E-state index is 5.37. The number of rotatable bonds is 1. The molecule has 0 saturated carbocycles. The molecule has 4 nitrogen and oxygen atoms in total. The summed E-state index contributed by atoms with van der Waals surface area (Å²) in [6.07, 6.45) is 5.03. The Morgan fingerprint density at radius 3 is 3.16 bits per heavy atom. The quantitative estimate of drug-likeness (QED) is 0.686. The van der Waals surface area contributed by atoms with Gasteiger partial charge in [-0.1, -0.05) is 0 Å². The smallest absolute Gasteiger partial charge is 0.181 e. The van der Waals surface area contributed by atoms with Crippen LogP contribution in [0.2, 0.25) is 0 Å². The second kappa shape index (κ2) is 4.20. The molecule has 0 aliphatic carbocycles. The van der Waals surface area contributed by atoms with E-state index in [0.29, 0.717) is 0 Å². The van der Waals surface area contributed by atoms with Gasteiger partial charge in [-0.05, 0) is 53.4 Å². The van der Waals surface area contributed by atoms with Crippen LogP contribution in [-0.4, -0.2) is 14.5 Å². The van der Waals surface area contributed by atoms with E-state index < -0.39 is 0 Å². The Bertz CT molecular complexity index is 759. The third kappa shape index (κ3) is 1.72. The molecule has 0 amide bonds. The number of nitrogens with zero attached hydrogens (tertiary/aromatic N) is 3. The Hall–Kier alpha value is -1.62. The molecule has 96 valence electrons. The summed E-state index contributed by atoms with van der Waals surface area (Å²) in [7, 11) is 0. The lowest BCUT2D eigenvalue weighted by molar-refractivity contribution is 0.535. The zero-order valence-corrected chi connectivity index (χ0v) is 11.9. The molecule has 3 heterocycles. The molecule has 4 rings (SSSR count). The Balaban J connectivity index is 1.91. The number of aromatic nitrogens is 3. The lowest BCUT2D eigenvalue weighted by atomic mass is 10.1. The Labute approximate surface area is 118 Å². The lowest BCUT2D eigenvalue weighted by Gasteiger charge is -2.16. The van der Waals surface area contributed by atoms with Crippen molar-refractivity contribution in [2.24, 2.45) is 0 Å². The zero-order chi connectivity index (χ0) is 12.8. The maximum Gasteiger partial charge on any atom is 0.181 e. The van der Waals surface area contributed by atoms with E-state index in [4.69, 9.17) is 4.42 Å². The largest absolute Gasteiger partial charge is 0.443 e. The summed E-state index contributed by atoms with van der Waals surface area (Å²) in [4.78, 5) is 8.81. The van der Waals surface area contributed by atoms with Gasteiger partial charge in [-0.15, -0.1) is 0 Å². The topological polar surface area (TPSA) is 43.9 Å². The first-order chi connectivity index (χ1) is 9.33. The lowest BCUT2D eigenvalue weighted by Crippen LogP contribution is -2.11. The van der Waals surface area contributed by atoms with Crippen LogP contribution in [0, 0.1) is 0 Å². The zero-order valence-electron chi connectivity index (χ0n) is 10.3. The van der Waals surface area contributed by atoms with Crippen LogP contribution < -0.4 is 0 Å². The van der Waals surface area contributed by atoms with Crippen LogP contribution in [-0.2, 0) is 13.0 Å². The van der Waals surface area contributed by atoms with Crippen LogP contribution in [0.25, 0.3) is 22.5 Å². The number of fused-ring (bicyclic) bond motifs is 2. The fourth-order valence-corrected chi connectivity index (χ4v) is 3.29. The fraction of sp³-hybridized carbons (Fsp3) is 0.286. The summed E-state index contributed by atoms with van der Waals surface area (Å²) in [5.74, 6) is 1.01. The molecule has 19 heavy (non-hydrogen) atoms. The van der Waals surface area contributed by atoms with Gasteiger partial charge in [0, 0.05) is 12.1 Å². The van der Waals surface area contributed by atoms with Gasteiger partial charge in [0.25, 0.3) is 0 Å². The van der Waals surface area contributed by atoms with Crippen molar-refractivity contribution >= 4 is 27.0 Å². The van der Waals surface area contributed by atoms with Gasteiger partial charge >= 0.3 is 0 Å². The van der Waals surface area contributed by atoms with Crippen molar-refractivity contribution < 1.29 is 4.42 Å². The van der Waals surface area contributed by atoms with Gasteiger partial charge in [-0.2, -0.15) is 0 Å². The minimum absolute atomic E-state index is 0.807. The molecule has 0 radical (unpaired) electrons. The van der Waals surface area contributed by atoms with Crippen molar-refractivity contribution in [1.29, 1.82) is 0 Å². The molecule has 5 heteroatoms. The van der Waals surface area contributed by atoms with E-state index in [2.05, 4.69) is 36.5 Å². The molecular formula is C14H12BrN3O. The predicted molar refractivity (Wildman–Crippen MR) is 75.9 cm³/mol. The van der Waals surface area contributed by atoms with Gasteiger partial charge in [-0.3, -0.25) is 0 Å². The van der Waals surface area contributed by atoms with Gasteiger partial charge in [-0.25, -0.2) is 9.97 Å². The Kier molecular flexibility index (Phi) is 2.48. The molecule has 1 aliphatic rings. The van der Waals surface area contributed by atoms with Crippen LogP contribution in [0.5, 0.6) is 0 Å². The van der Waals surface area contributed by atoms with Gasteiger partial charge < -0.3 is 8.98 Å². The molecule has 1 aliphatic heterocycles. The Morgan fingerprint density at radius 2 is 2.21 bits per heavy atom. The summed E-state index contributed by atoms with van der Waals surface area (Å²) in [6, 6.07) is 6.05. The first kappa shape index (κ1) is 11.2.